The van der Waals surface area contributed by atoms with Crippen LogP contribution in [-0.2, 0) is 0 Å². The summed E-state index contributed by atoms with van der Waals surface area (Å²) in [6.07, 6.45) is 3.92. The minimum Gasteiger partial charge on any atom is -0.489 e. The molecule has 5 heteroatoms. The Balaban J connectivity index is 2.23. The molecule has 2 aromatic rings. The average Bonchev–Trinajstić information content (AvgIpc) is 2.38. The van der Waals surface area contributed by atoms with Crippen LogP contribution in [0.1, 0.15) is 31.2 Å². The molecule has 2 rings (SSSR count). The lowest BCUT2D eigenvalue weighted by molar-refractivity contribution is 0.211. The lowest BCUT2D eigenvalue weighted by Crippen LogP contribution is -2.07. The molecule has 0 aliphatic heterocycles. The Morgan fingerprint density at radius 1 is 1.21 bits per heavy atom. The first-order chi connectivity index (χ1) is 9.06. The fourth-order valence-electron chi connectivity index (χ4n) is 1.64. The molecule has 19 heavy (non-hydrogen) atoms. The summed E-state index contributed by atoms with van der Waals surface area (Å²) in [6.45, 7) is 3.87. The van der Waals surface area contributed by atoms with E-state index in [9.17, 15) is 5.11 Å². The molecule has 0 amide bonds. The van der Waals surface area contributed by atoms with Crippen molar-refractivity contribution < 1.29 is 9.84 Å². The number of pyridine rings is 2. The van der Waals surface area contributed by atoms with Gasteiger partial charge in [-0.15, -0.1) is 0 Å². The number of rotatable bonds is 4. The van der Waals surface area contributed by atoms with Crippen molar-refractivity contribution in [2.24, 2.45) is 0 Å². The van der Waals surface area contributed by atoms with Crippen LogP contribution in [0.15, 0.2) is 36.8 Å². The molecule has 0 radical (unpaired) electrons. The van der Waals surface area contributed by atoms with Crippen molar-refractivity contribution in [2.75, 3.05) is 0 Å². The highest BCUT2D eigenvalue weighted by atomic mass is 35.5. The first-order valence-electron chi connectivity index (χ1n) is 5.97. The second-order valence-corrected chi connectivity index (χ2v) is 4.86. The molecule has 1 atom stereocenters. The molecule has 0 saturated carbocycles. The highest BCUT2D eigenvalue weighted by Gasteiger charge is 2.13. The van der Waals surface area contributed by atoms with Gasteiger partial charge in [-0.1, -0.05) is 11.6 Å². The van der Waals surface area contributed by atoms with Crippen LogP contribution in [0.5, 0.6) is 5.75 Å². The molecule has 0 aromatic carbocycles. The van der Waals surface area contributed by atoms with Gasteiger partial charge >= 0.3 is 0 Å². The SMILES string of the molecule is CC(C)Oc1cncc(C(O)c2ccc(Cl)cn2)c1. The molecular weight excluding hydrogens is 264 g/mol. The molecule has 0 aliphatic carbocycles. The Labute approximate surface area is 117 Å². The van der Waals surface area contributed by atoms with Crippen molar-refractivity contribution in [3.05, 3.63) is 53.1 Å². The van der Waals surface area contributed by atoms with Crippen LogP contribution in [-0.4, -0.2) is 21.2 Å². The van der Waals surface area contributed by atoms with Gasteiger partial charge in [0.05, 0.1) is 23.0 Å². The molecule has 1 N–H and O–H groups in total. The Bertz CT molecular complexity index is 543. The van der Waals surface area contributed by atoms with Gasteiger partial charge in [-0.2, -0.15) is 0 Å². The predicted molar refractivity (Wildman–Crippen MR) is 73.3 cm³/mol. The zero-order valence-corrected chi connectivity index (χ0v) is 11.5. The van der Waals surface area contributed by atoms with Gasteiger partial charge in [-0.3, -0.25) is 9.97 Å². The number of ether oxygens (including phenoxy) is 1. The van der Waals surface area contributed by atoms with E-state index in [1.165, 1.54) is 6.20 Å². The first kappa shape index (κ1) is 13.8. The predicted octanol–water partition coefficient (Wildman–Crippen LogP) is 3.00. The van der Waals surface area contributed by atoms with E-state index in [1.54, 1.807) is 30.6 Å². The third-order valence-corrected chi connectivity index (χ3v) is 2.68. The molecule has 0 saturated heterocycles. The Hall–Kier alpha value is -1.65. The molecule has 0 aliphatic rings. The normalized spacial score (nSPS) is 12.5. The lowest BCUT2D eigenvalue weighted by Gasteiger charge is -2.13. The van der Waals surface area contributed by atoms with Gasteiger partial charge in [0.15, 0.2) is 0 Å². The highest BCUT2D eigenvalue weighted by molar-refractivity contribution is 6.30. The smallest absolute Gasteiger partial charge is 0.138 e. The van der Waals surface area contributed by atoms with Crippen LogP contribution in [0.25, 0.3) is 0 Å². The van der Waals surface area contributed by atoms with Gasteiger partial charge in [0, 0.05) is 18.0 Å². The summed E-state index contributed by atoms with van der Waals surface area (Å²) in [5.74, 6) is 0.625. The van der Waals surface area contributed by atoms with E-state index in [1.807, 2.05) is 13.8 Å². The van der Waals surface area contributed by atoms with Crippen LogP contribution in [0.4, 0.5) is 0 Å². The standard InChI is InChI=1S/C14H15ClN2O2/c1-9(2)19-12-5-10(6-16-8-12)14(18)13-4-3-11(15)7-17-13/h3-9,14,18H,1-2H3. The van der Waals surface area contributed by atoms with Crippen molar-refractivity contribution in [2.45, 2.75) is 26.1 Å². The topological polar surface area (TPSA) is 55.2 Å². The van der Waals surface area contributed by atoms with Crippen LogP contribution in [0.2, 0.25) is 5.02 Å². The van der Waals surface area contributed by atoms with Crippen molar-refractivity contribution >= 4 is 11.6 Å². The summed E-state index contributed by atoms with van der Waals surface area (Å²) in [7, 11) is 0. The monoisotopic (exact) mass is 278 g/mol. The van der Waals surface area contributed by atoms with Crippen LogP contribution in [0.3, 0.4) is 0 Å². The second-order valence-electron chi connectivity index (χ2n) is 4.42. The minimum atomic E-state index is -0.847. The van der Waals surface area contributed by atoms with Crippen molar-refractivity contribution in [3.8, 4) is 5.75 Å². The highest BCUT2D eigenvalue weighted by Crippen LogP contribution is 2.23. The third kappa shape index (κ3) is 3.66. The summed E-state index contributed by atoms with van der Waals surface area (Å²) >= 11 is 5.77. The van der Waals surface area contributed by atoms with Crippen LogP contribution >= 0.6 is 11.6 Å². The summed E-state index contributed by atoms with van der Waals surface area (Å²) in [5, 5.41) is 10.8. The maximum absolute atomic E-state index is 10.2. The van der Waals surface area contributed by atoms with E-state index in [0.717, 1.165) is 0 Å². The molecule has 2 heterocycles. The van der Waals surface area contributed by atoms with Gasteiger partial charge in [-0.25, -0.2) is 0 Å². The van der Waals surface area contributed by atoms with Gasteiger partial charge in [0.1, 0.15) is 11.9 Å². The van der Waals surface area contributed by atoms with E-state index < -0.39 is 6.10 Å². The van der Waals surface area contributed by atoms with E-state index in [-0.39, 0.29) is 6.10 Å². The van der Waals surface area contributed by atoms with E-state index in [4.69, 9.17) is 16.3 Å². The quantitative estimate of drug-likeness (QED) is 0.934. The summed E-state index contributed by atoms with van der Waals surface area (Å²) in [4.78, 5) is 8.16. The first-order valence-corrected chi connectivity index (χ1v) is 6.35. The fraction of sp³-hybridized carbons (Fsp3) is 0.286. The number of hydrogen-bond donors (Lipinski definition) is 1. The van der Waals surface area contributed by atoms with Gasteiger partial charge in [0.2, 0.25) is 0 Å². The Morgan fingerprint density at radius 3 is 2.63 bits per heavy atom. The van der Waals surface area contributed by atoms with Crippen molar-refractivity contribution in [3.63, 3.8) is 0 Å². The number of aliphatic hydroxyl groups is 1. The van der Waals surface area contributed by atoms with Gasteiger partial charge in [0.25, 0.3) is 0 Å². The van der Waals surface area contributed by atoms with E-state index in [0.29, 0.717) is 22.0 Å². The summed E-state index contributed by atoms with van der Waals surface area (Å²) in [5.41, 5.74) is 1.15. The molecule has 0 bridgehead atoms. The number of halogens is 1. The number of aliphatic hydroxyl groups excluding tert-OH is 1. The Kier molecular flexibility index (Phi) is 4.35. The van der Waals surface area contributed by atoms with Gasteiger partial charge in [-0.05, 0) is 32.0 Å². The van der Waals surface area contributed by atoms with Crippen molar-refractivity contribution in [1.82, 2.24) is 9.97 Å². The summed E-state index contributed by atoms with van der Waals surface area (Å²) in [6, 6.07) is 5.13. The molecule has 1 unspecified atom stereocenters. The molecule has 2 aromatic heterocycles. The molecule has 100 valence electrons. The fourth-order valence-corrected chi connectivity index (χ4v) is 1.75. The summed E-state index contributed by atoms with van der Waals surface area (Å²) < 4.78 is 5.54. The number of hydrogen-bond acceptors (Lipinski definition) is 4. The van der Waals surface area contributed by atoms with E-state index >= 15 is 0 Å². The van der Waals surface area contributed by atoms with Crippen molar-refractivity contribution in [1.29, 1.82) is 0 Å². The zero-order valence-electron chi connectivity index (χ0n) is 10.7. The molecule has 0 spiro atoms. The maximum atomic E-state index is 10.2. The lowest BCUT2D eigenvalue weighted by atomic mass is 10.1. The molecular formula is C14H15ClN2O2. The minimum absolute atomic E-state index is 0.0582. The third-order valence-electron chi connectivity index (χ3n) is 2.45. The second kappa shape index (κ2) is 5.99. The maximum Gasteiger partial charge on any atom is 0.138 e. The molecule has 4 nitrogen and oxygen atoms in total. The number of nitrogens with zero attached hydrogens (tertiary/aromatic N) is 2. The van der Waals surface area contributed by atoms with Crippen LogP contribution < -0.4 is 4.74 Å². The zero-order chi connectivity index (χ0) is 13.8. The van der Waals surface area contributed by atoms with Crippen LogP contribution in [0, 0.1) is 0 Å². The van der Waals surface area contributed by atoms with E-state index in [2.05, 4.69) is 9.97 Å². The van der Waals surface area contributed by atoms with Gasteiger partial charge < -0.3 is 9.84 Å². The largest absolute Gasteiger partial charge is 0.489 e. The average molecular weight is 279 g/mol. The Morgan fingerprint density at radius 2 is 2.00 bits per heavy atom. The number of aromatic nitrogens is 2. The molecule has 0 fully saturated rings.